The highest BCUT2D eigenvalue weighted by Gasteiger charge is 2.20. The van der Waals surface area contributed by atoms with Gasteiger partial charge >= 0.3 is 0 Å². The maximum absolute atomic E-state index is 14.6. The molecule has 0 bridgehead atoms. The van der Waals surface area contributed by atoms with Crippen molar-refractivity contribution < 1.29 is 8.78 Å². The summed E-state index contributed by atoms with van der Waals surface area (Å²) in [5.74, 6) is -1.12. The molecule has 3 aromatic heterocycles. The molecule has 29 heavy (non-hydrogen) atoms. The number of rotatable bonds is 4. The molecule has 1 N–H and O–H groups in total. The first kappa shape index (κ1) is 18.0. The second-order valence-corrected chi connectivity index (χ2v) is 7.92. The molecule has 0 spiro atoms. The Bertz CT molecular complexity index is 1100. The first-order valence-electron chi connectivity index (χ1n) is 9.45. The minimum absolute atomic E-state index is 0.0605. The minimum Gasteiger partial charge on any atom is -0.367 e. The van der Waals surface area contributed by atoms with Gasteiger partial charge in [0.15, 0.2) is 11.6 Å². The molecule has 4 aromatic rings. The van der Waals surface area contributed by atoms with Gasteiger partial charge in [-0.05, 0) is 43.5 Å². The van der Waals surface area contributed by atoms with Crippen LogP contribution in [0.25, 0.3) is 16.2 Å². The number of hydrogen-bond donors (Lipinski definition) is 1. The Kier molecular flexibility index (Phi) is 4.59. The maximum Gasteiger partial charge on any atom is 0.214 e. The number of hydrogen-bond acceptors (Lipinski definition) is 6. The van der Waals surface area contributed by atoms with Crippen LogP contribution in [0.1, 0.15) is 19.3 Å². The van der Waals surface area contributed by atoms with Crippen LogP contribution in [0.4, 0.5) is 25.3 Å². The summed E-state index contributed by atoms with van der Waals surface area (Å²) in [7, 11) is 0. The Hall–Kier alpha value is -3.07. The fourth-order valence-electron chi connectivity index (χ4n) is 3.58. The summed E-state index contributed by atoms with van der Waals surface area (Å²) < 4.78 is 30.9. The zero-order valence-electron chi connectivity index (χ0n) is 15.5. The van der Waals surface area contributed by atoms with Crippen molar-refractivity contribution in [2.75, 3.05) is 23.3 Å². The number of imidazole rings is 1. The van der Waals surface area contributed by atoms with Gasteiger partial charge in [0.2, 0.25) is 10.1 Å². The quantitative estimate of drug-likeness (QED) is 0.519. The number of halogens is 2. The van der Waals surface area contributed by atoms with Crippen LogP contribution in [0.5, 0.6) is 0 Å². The number of benzene rings is 1. The molecule has 0 saturated carbocycles. The lowest BCUT2D eigenvalue weighted by atomic mass is 10.1. The lowest BCUT2D eigenvalue weighted by Crippen LogP contribution is -2.31. The van der Waals surface area contributed by atoms with Crippen molar-refractivity contribution in [1.82, 2.24) is 19.6 Å². The maximum atomic E-state index is 14.6. The van der Waals surface area contributed by atoms with Gasteiger partial charge in [-0.25, -0.2) is 18.3 Å². The van der Waals surface area contributed by atoms with E-state index in [4.69, 9.17) is 0 Å². The van der Waals surface area contributed by atoms with Gasteiger partial charge in [0.05, 0.1) is 11.9 Å². The Labute approximate surface area is 169 Å². The predicted molar refractivity (Wildman–Crippen MR) is 110 cm³/mol. The molecule has 1 fully saturated rings. The fraction of sp³-hybridized carbons (Fsp3) is 0.250. The third kappa shape index (κ3) is 3.53. The van der Waals surface area contributed by atoms with Gasteiger partial charge in [-0.15, -0.1) is 5.10 Å². The normalized spacial score (nSPS) is 14.5. The number of nitrogens with zero attached hydrogens (tertiary/aromatic N) is 5. The minimum atomic E-state index is -0.561. The van der Waals surface area contributed by atoms with Crippen LogP contribution >= 0.6 is 11.3 Å². The van der Waals surface area contributed by atoms with Crippen molar-refractivity contribution in [2.24, 2.45) is 0 Å². The molecule has 1 saturated heterocycles. The van der Waals surface area contributed by atoms with Crippen molar-refractivity contribution in [3.63, 3.8) is 0 Å². The first-order valence-corrected chi connectivity index (χ1v) is 10.3. The number of piperidine rings is 1. The summed E-state index contributed by atoms with van der Waals surface area (Å²) in [6.45, 7) is 1.37. The van der Waals surface area contributed by atoms with Crippen LogP contribution in [0.15, 0.2) is 42.9 Å². The first-order chi connectivity index (χ1) is 14.2. The molecular weight excluding hydrogens is 394 g/mol. The number of anilines is 3. The lowest BCUT2D eigenvalue weighted by molar-refractivity contribution is 0.531. The summed E-state index contributed by atoms with van der Waals surface area (Å²) in [5.41, 5.74) is 2.05. The van der Waals surface area contributed by atoms with E-state index in [2.05, 4.69) is 20.4 Å². The van der Waals surface area contributed by atoms with Crippen LogP contribution in [0, 0.1) is 11.6 Å². The Morgan fingerprint density at radius 3 is 2.55 bits per heavy atom. The number of pyridine rings is 1. The molecule has 6 nitrogen and oxygen atoms in total. The number of nitrogens with one attached hydrogen (secondary N) is 1. The average molecular weight is 412 g/mol. The van der Waals surface area contributed by atoms with Gasteiger partial charge in [0.1, 0.15) is 5.69 Å². The van der Waals surface area contributed by atoms with Crippen LogP contribution in [0.2, 0.25) is 0 Å². The van der Waals surface area contributed by atoms with Crippen molar-refractivity contribution >= 4 is 32.8 Å². The molecule has 0 aliphatic carbocycles. The monoisotopic (exact) mass is 412 g/mol. The molecular formula is C20H18F2N6S. The summed E-state index contributed by atoms with van der Waals surface area (Å²) >= 11 is 1.31. The third-order valence-electron chi connectivity index (χ3n) is 4.94. The standard InChI is InChI=1S/C20H18F2N6S/c21-15-9-14(10-16(22)18(15)27-7-2-1-3-8-27)24-19-26-28-12-17(25-20(28)29-19)13-5-4-6-23-11-13/h4-6,9-12H,1-3,7-8H2,(H,24,26). The molecule has 4 heterocycles. The Balaban J connectivity index is 1.38. The zero-order chi connectivity index (χ0) is 19.8. The molecule has 0 radical (unpaired) electrons. The van der Waals surface area contributed by atoms with E-state index >= 15 is 0 Å². The van der Waals surface area contributed by atoms with Crippen LogP contribution in [-0.2, 0) is 0 Å². The second-order valence-electron chi connectivity index (χ2n) is 6.96. The molecule has 148 valence electrons. The molecule has 0 amide bonds. The fourth-order valence-corrected chi connectivity index (χ4v) is 4.39. The smallest absolute Gasteiger partial charge is 0.214 e. The van der Waals surface area contributed by atoms with Crippen molar-refractivity contribution in [2.45, 2.75) is 19.3 Å². The van der Waals surface area contributed by atoms with Gasteiger partial charge in [-0.3, -0.25) is 4.98 Å². The van der Waals surface area contributed by atoms with E-state index in [1.54, 1.807) is 28.0 Å². The molecule has 1 aliphatic rings. The van der Waals surface area contributed by atoms with Crippen LogP contribution in [-0.4, -0.2) is 32.7 Å². The van der Waals surface area contributed by atoms with E-state index in [9.17, 15) is 8.78 Å². The zero-order valence-corrected chi connectivity index (χ0v) is 16.3. The summed E-state index contributed by atoms with van der Waals surface area (Å²) in [5, 5.41) is 7.91. The largest absolute Gasteiger partial charge is 0.367 e. The number of fused-ring (bicyclic) bond motifs is 1. The van der Waals surface area contributed by atoms with E-state index in [1.807, 2.05) is 12.1 Å². The van der Waals surface area contributed by atoms with E-state index in [0.29, 0.717) is 28.9 Å². The SMILES string of the molecule is Fc1cc(Nc2nn3cc(-c4cccnc4)nc3s2)cc(F)c1N1CCCCC1. The second kappa shape index (κ2) is 7.40. The van der Waals surface area contributed by atoms with E-state index in [-0.39, 0.29) is 5.69 Å². The summed E-state index contributed by atoms with van der Waals surface area (Å²) in [4.78, 5) is 11.1. The highest BCUT2D eigenvalue weighted by molar-refractivity contribution is 7.20. The topological polar surface area (TPSA) is 58.4 Å². The molecule has 5 rings (SSSR count). The highest BCUT2D eigenvalue weighted by Crippen LogP contribution is 2.32. The number of aromatic nitrogens is 4. The molecule has 0 atom stereocenters. The summed E-state index contributed by atoms with van der Waals surface area (Å²) in [6, 6.07) is 6.41. The van der Waals surface area contributed by atoms with Gasteiger partial charge < -0.3 is 10.2 Å². The van der Waals surface area contributed by atoms with E-state index in [1.165, 1.54) is 23.5 Å². The van der Waals surface area contributed by atoms with Crippen molar-refractivity contribution in [3.8, 4) is 11.3 Å². The van der Waals surface area contributed by atoms with Gasteiger partial charge in [0.25, 0.3) is 0 Å². The van der Waals surface area contributed by atoms with Gasteiger partial charge in [-0.2, -0.15) is 0 Å². The Morgan fingerprint density at radius 2 is 1.86 bits per heavy atom. The Morgan fingerprint density at radius 1 is 1.07 bits per heavy atom. The van der Waals surface area contributed by atoms with E-state index < -0.39 is 11.6 Å². The average Bonchev–Trinajstić information content (AvgIpc) is 3.28. The van der Waals surface area contributed by atoms with Crippen molar-refractivity contribution in [3.05, 3.63) is 54.5 Å². The molecule has 0 unspecified atom stereocenters. The molecule has 9 heteroatoms. The van der Waals surface area contributed by atoms with Crippen LogP contribution < -0.4 is 10.2 Å². The molecule has 1 aromatic carbocycles. The van der Waals surface area contributed by atoms with E-state index in [0.717, 1.165) is 30.5 Å². The highest BCUT2D eigenvalue weighted by atomic mass is 32.1. The lowest BCUT2D eigenvalue weighted by Gasteiger charge is -2.29. The van der Waals surface area contributed by atoms with Crippen LogP contribution in [0.3, 0.4) is 0 Å². The van der Waals surface area contributed by atoms with Gasteiger partial charge in [-0.1, -0.05) is 11.3 Å². The third-order valence-corrected chi connectivity index (χ3v) is 5.78. The summed E-state index contributed by atoms with van der Waals surface area (Å²) in [6.07, 6.45) is 8.26. The van der Waals surface area contributed by atoms with Crippen molar-refractivity contribution in [1.29, 1.82) is 0 Å². The predicted octanol–water partition coefficient (Wildman–Crippen LogP) is 4.86. The molecule has 1 aliphatic heterocycles. The van der Waals surface area contributed by atoms with Gasteiger partial charge in [0, 0.05) is 36.7 Å².